The molecule has 17 heavy (non-hydrogen) atoms. The molecule has 0 saturated carbocycles. The van der Waals surface area contributed by atoms with E-state index in [-0.39, 0.29) is 33.9 Å². The van der Waals surface area contributed by atoms with Gasteiger partial charge in [0.1, 0.15) is 6.10 Å². The maximum Gasteiger partial charge on any atom is 0.104 e. The van der Waals surface area contributed by atoms with E-state index in [1.54, 1.807) is 27.7 Å². The molecule has 1 fully saturated rings. The molecule has 1 unspecified atom stereocenters. The van der Waals surface area contributed by atoms with Crippen LogP contribution in [-0.4, -0.2) is 48.3 Å². The number of rotatable bonds is 4. The summed E-state index contributed by atoms with van der Waals surface area (Å²) in [6, 6.07) is 0. The standard InChI is InChI=1S/C6H11O2.2C3H8O.Ti/c1-2-3-7-4-6-5-8-6;2*1-3(2)4;/h6H,1-5H2;2*3-4H,1-2H3;/q-1;;;. The van der Waals surface area contributed by atoms with Crippen LogP contribution in [0, 0.1) is 6.92 Å². The third-order valence-corrected chi connectivity index (χ3v) is 0.995. The first kappa shape index (κ1) is 22.7. The molecule has 104 valence electrons. The van der Waals surface area contributed by atoms with Crippen molar-refractivity contribution >= 4 is 0 Å². The second-order valence-corrected chi connectivity index (χ2v) is 4.07. The van der Waals surface area contributed by atoms with Crippen molar-refractivity contribution < 1.29 is 41.4 Å². The summed E-state index contributed by atoms with van der Waals surface area (Å²) >= 11 is 0. The molecule has 4 nitrogen and oxygen atoms in total. The first-order chi connectivity index (χ1) is 7.40. The van der Waals surface area contributed by atoms with Crippen molar-refractivity contribution in [1.82, 2.24) is 0 Å². The van der Waals surface area contributed by atoms with E-state index >= 15 is 0 Å². The molecule has 0 bridgehead atoms. The number of hydrogen-bond donors (Lipinski definition) is 2. The second-order valence-electron chi connectivity index (χ2n) is 4.07. The van der Waals surface area contributed by atoms with Crippen LogP contribution in [0.1, 0.15) is 34.1 Å². The van der Waals surface area contributed by atoms with Crippen LogP contribution in [0.3, 0.4) is 0 Å². The predicted octanol–water partition coefficient (Wildman–Crippen LogP) is 1.40. The quantitative estimate of drug-likeness (QED) is 0.354. The molecule has 0 radical (unpaired) electrons. The molecule has 0 aromatic carbocycles. The van der Waals surface area contributed by atoms with E-state index in [0.29, 0.717) is 6.10 Å². The van der Waals surface area contributed by atoms with E-state index in [0.717, 1.165) is 26.2 Å². The number of aliphatic hydroxyl groups excluding tert-OH is 2. The van der Waals surface area contributed by atoms with Crippen LogP contribution in [0.15, 0.2) is 0 Å². The van der Waals surface area contributed by atoms with E-state index in [4.69, 9.17) is 19.7 Å². The number of epoxide rings is 1. The minimum Gasteiger partial charge on any atom is -0.394 e. The summed E-state index contributed by atoms with van der Waals surface area (Å²) in [6.07, 6.45) is 0.925. The van der Waals surface area contributed by atoms with Crippen molar-refractivity contribution in [1.29, 1.82) is 0 Å². The summed E-state index contributed by atoms with van der Waals surface area (Å²) in [5.74, 6) is 0. The van der Waals surface area contributed by atoms with Gasteiger partial charge in [-0.3, -0.25) is 0 Å². The largest absolute Gasteiger partial charge is 0.394 e. The fraction of sp³-hybridized carbons (Fsp3) is 0.917. The Bertz CT molecular complexity index is 116. The molecule has 1 atom stereocenters. The van der Waals surface area contributed by atoms with Gasteiger partial charge in [-0.25, -0.2) is 0 Å². The molecule has 0 amide bonds. The van der Waals surface area contributed by atoms with E-state index in [2.05, 4.69) is 6.92 Å². The normalized spacial score (nSPS) is 16.4. The Labute approximate surface area is 121 Å². The van der Waals surface area contributed by atoms with Crippen LogP contribution in [0.4, 0.5) is 0 Å². The Morgan fingerprint density at radius 1 is 1.24 bits per heavy atom. The fourth-order valence-electron chi connectivity index (χ4n) is 0.481. The third kappa shape index (κ3) is 47.9. The molecule has 0 aromatic rings. The van der Waals surface area contributed by atoms with Crippen molar-refractivity contribution in [2.45, 2.75) is 52.4 Å². The van der Waals surface area contributed by atoms with Gasteiger partial charge in [-0.1, -0.05) is 0 Å². The Kier molecular flexibility index (Phi) is 22.1. The van der Waals surface area contributed by atoms with E-state index in [9.17, 15) is 0 Å². The topological polar surface area (TPSA) is 62.2 Å². The maximum atomic E-state index is 8.06. The van der Waals surface area contributed by atoms with Gasteiger partial charge in [-0.15, -0.1) is 0 Å². The van der Waals surface area contributed by atoms with Crippen molar-refractivity contribution in [2.24, 2.45) is 0 Å². The Hall–Kier alpha value is 0.554. The zero-order valence-corrected chi connectivity index (χ0v) is 13.0. The Balaban J connectivity index is -0.000000189. The smallest absolute Gasteiger partial charge is 0.104 e. The summed E-state index contributed by atoms with van der Waals surface area (Å²) in [4.78, 5) is 0. The third-order valence-electron chi connectivity index (χ3n) is 0.995. The number of hydrogen-bond acceptors (Lipinski definition) is 4. The molecule has 0 aliphatic carbocycles. The zero-order chi connectivity index (χ0) is 13.0. The minimum absolute atomic E-state index is 0. The van der Waals surface area contributed by atoms with Crippen molar-refractivity contribution in [3.05, 3.63) is 6.92 Å². The summed E-state index contributed by atoms with van der Waals surface area (Å²) < 4.78 is 10.0. The van der Waals surface area contributed by atoms with Crippen LogP contribution < -0.4 is 0 Å². The maximum absolute atomic E-state index is 8.06. The Morgan fingerprint density at radius 2 is 1.59 bits per heavy atom. The van der Waals surface area contributed by atoms with Gasteiger partial charge >= 0.3 is 0 Å². The van der Waals surface area contributed by atoms with Gasteiger partial charge in [0.25, 0.3) is 0 Å². The van der Waals surface area contributed by atoms with Gasteiger partial charge in [0.05, 0.1) is 13.2 Å². The van der Waals surface area contributed by atoms with Gasteiger partial charge in [-0.2, -0.15) is 6.42 Å². The molecule has 0 spiro atoms. The van der Waals surface area contributed by atoms with Crippen LogP contribution in [0.25, 0.3) is 0 Å². The van der Waals surface area contributed by atoms with E-state index in [1.165, 1.54) is 0 Å². The molecule has 0 aromatic heterocycles. The van der Waals surface area contributed by atoms with Crippen LogP contribution in [-0.2, 0) is 31.2 Å². The van der Waals surface area contributed by atoms with Gasteiger partial charge in [-0.05, 0) is 27.7 Å². The van der Waals surface area contributed by atoms with E-state index in [1.807, 2.05) is 0 Å². The summed E-state index contributed by atoms with van der Waals surface area (Å²) in [7, 11) is 0. The number of ether oxygens (including phenoxy) is 2. The average Bonchev–Trinajstić information content (AvgIpc) is 2.86. The van der Waals surface area contributed by atoms with Crippen LogP contribution in [0.2, 0.25) is 0 Å². The molecule has 2 N–H and O–H groups in total. The van der Waals surface area contributed by atoms with Crippen molar-refractivity contribution in [3.8, 4) is 0 Å². The van der Waals surface area contributed by atoms with Gasteiger partial charge in [0.15, 0.2) is 0 Å². The molecule has 1 rings (SSSR count). The monoisotopic (exact) mass is 283 g/mol. The van der Waals surface area contributed by atoms with E-state index < -0.39 is 0 Å². The van der Waals surface area contributed by atoms with Crippen LogP contribution >= 0.6 is 0 Å². The molecule has 1 aliphatic heterocycles. The second kappa shape index (κ2) is 16.6. The first-order valence-electron chi connectivity index (χ1n) is 5.74. The summed E-state index contributed by atoms with van der Waals surface area (Å²) in [6.45, 7) is 12.9. The molecule has 1 saturated heterocycles. The Morgan fingerprint density at radius 3 is 1.82 bits per heavy atom. The molecular weight excluding hydrogens is 256 g/mol. The van der Waals surface area contributed by atoms with Gasteiger partial charge in [0.2, 0.25) is 0 Å². The summed E-state index contributed by atoms with van der Waals surface area (Å²) in [5.41, 5.74) is 0. The zero-order valence-electron chi connectivity index (χ0n) is 11.5. The van der Waals surface area contributed by atoms with Gasteiger partial charge < -0.3 is 26.6 Å². The molecule has 1 aliphatic rings. The minimum atomic E-state index is -0.167. The fourth-order valence-corrected chi connectivity index (χ4v) is 0.481. The SMILES string of the molecule is CC(C)O.CC(C)O.[CH2-]CCOCC1CO1.[Ti]. The number of aliphatic hydroxyl groups is 2. The van der Waals surface area contributed by atoms with Crippen LogP contribution in [0.5, 0.6) is 0 Å². The predicted molar refractivity (Wildman–Crippen MR) is 65.2 cm³/mol. The first-order valence-corrected chi connectivity index (χ1v) is 5.74. The summed E-state index contributed by atoms with van der Waals surface area (Å²) in [5, 5.41) is 16.1. The average molecular weight is 283 g/mol. The molecule has 1 heterocycles. The molecular formula is C12H27O4Ti-. The van der Waals surface area contributed by atoms with Crippen molar-refractivity contribution in [2.75, 3.05) is 19.8 Å². The van der Waals surface area contributed by atoms with Gasteiger partial charge in [0, 0.05) is 40.5 Å². The molecule has 5 heteroatoms. The van der Waals surface area contributed by atoms with Crippen molar-refractivity contribution in [3.63, 3.8) is 0 Å².